The lowest BCUT2D eigenvalue weighted by molar-refractivity contribution is 0.0374. The third-order valence-corrected chi connectivity index (χ3v) is 2.79. The molecule has 0 unspecified atom stereocenters. The molecular weight excluding hydrogens is 252 g/mol. The number of aliphatic hydroxyl groups excluding tert-OH is 3. The summed E-state index contributed by atoms with van der Waals surface area (Å²) in [6.07, 6.45) is 0. The monoisotopic (exact) mass is 270 g/mol. The van der Waals surface area contributed by atoms with Crippen molar-refractivity contribution in [3.63, 3.8) is 0 Å². The number of rotatable bonds is 6. The number of nitrogens with one attached hydrogen (secondary N) is 1. The van der Waals surface area contributed by atoms with Crippen LogP contribution < -0.4 is 15.8 Å². The molecule has 0 radical (unpaired) electrons. The van der Waals surface area contributed by atoms with Crippen LogP contribution in [-0.4, -0.2) is 53.7 Å². The quantitative estimate of drug-likeness (QED) is 0.410. The summed E-state index contributed by atoms with van der Waals surface area (Å²) in [5, 5.41) is 29.9. The van der Waals surface area contributed by atoms with Crippen LogP contribution in [0.1, 0.15) is 10.4 Å². The summed E-state index contributed by atoms with van der Waals surface area (Å²) in [5.74, 6) is -0.382. The average molecular weight is 270 g/mol. The van der Waals surface area contributed by atoms with Gasteiger partial charge in [0, 0.05) is 5.69 Å². The minimum atomic E-state index is -1.51. The third-order valence-electron chi connectivity index (χ3n) is 2.79. The molecule has 0 spiro atoms. The number of benzene rings is 1. The molecule has 1 amide bonds. The van der Waals surface area contributed by atoms with Crippen LogP contribution in [0.3, 0.4) is 0 Å². The number of amides is 1. The smallest absolute Gasteiger partial charge is 0.257 e. The van der Waals surface area contributed by atoms with Crippen molar-refractivity contribution in [3.05, 3.63) is 23.8 Å². The molecule has 0 atom stereocenters. The summed E-state index contributed by atoms with van der Waals surface area (Å²) in [6.45, 7) is -1.83. The maximum absolute atomic E-state index is 12.1. The van der Waals surface area contributed by atoms with Crippen LogP contribution in [0.4, 0.5) is 5.69 Å². The second kappa shape index (κ2) is 6.37. The lowest BCUT2D eigenvalue weighted by Crippen LogP contribution is -2.57. The third kappa shape index (κ3) is 3.14. The van der Waals surface area contributed by atoms with Gasteiger partial charge in [-0.05, 0) is 12.1 Å². The average Bonchev–Trinajstić information content (AvgIpc) is 2.44. The lowest BCUT2D eigenvalue weighted by atomic mass is 10.0. The van der Waals surface area contributed by atoms with Crippen LogP contribution in [-0.2, 0) is 0 Å². The molecule has 0 fully saturated rings. The molecule has 0 aliphatic carbocycles. The molecule has 0 bridgehead atoms. The van der Waals surface area contributed by atoms with E-state index in [1.165, 1.54) is 13.2 Å². The zero-order valence-corrected chi connectivity index (χ0v) is 10.6. The predicted octanol–water partition coefficient (Wildman–Crippen LogP) is -1.28. The van der Waals surface area contributed by atoms with E-state index in [9.17, 15) is 20.1 Å². The first-order valence-electron chi connectivity index (χ1n) is 5.61. The number of nitrogens with two attached hydrogens (primary N) is 1. The van der Waals surface area contributed by atoms with Crippen molar-refractivity contribution in [1.82, 2.24) is 5.32 Å². The van der Waals surface area contributed by atoms with Gasteiger partial charge in [0.2, 0.25) is 0 Å². The number of methoxy groups -OCH3 is 1. The van der Waals surface area contributed by atoms with Crippen LogP contribution in [0.2, 0.25) is 0 Å². The summed E-state index contributed by atoms with van der Waals surface area (Å²) in [5.41, 5.74) is 4.48. The van der Waals surface area contributed by atoms with Crippen molar-refractivity contribution in [1.29, 1.82) is 0 Å². The van der Waals surface area contributed by atoms with Crippen molar-refractivity contribution in [2.45, 2.75) is 5.54 Å². The van der Waals surface area contributed by atoms with Gasteiger partial charge in [-0.15, -0.1) is 0 Å². The Bertz CT molecular complexity index is 437. The highest BCUT2D eigenvalue weighted by Crippen LogP contribution is 2.24. The molecule has 106 valence electrons. The zero-order valence-electron chi connectivity index (χ0n) is 10.6. The van der Waals surface area contributed by atoms with Crippen molar-refractivity contribution >= 4 is 11.6 Å². The Kier molecular flexibility index (Phi) is 5.11. The van der Waals surface area contributed by atoms with E-state index >= 15 is 0 Å². The molecule has 1 aromatic rings. The molecule has 0 aliphatic heterocycles. The molecule has 1 aromatic carbocycles. The number of hydrogen-bond donors (Lipinski definition) is 5. The first-order valence-corrected chi connectivity index (χ1v) is 5.61. The molecule has 0 aromatic heterocycles. The number of anilines is 1. The second-order valence-corrected chi connectivity index (χ2v) is 4.13. The van der Waals surface area contributed by atoms with E-state index < -0.39 is 31.3 Å². The highest BCUT2D eigenvalue weighted by atomic mass is 16.5. The Morgan fingerprint density at radius 2 is 1.89 bits per heavy atom. The first-order chi connectivity index (χ1) is 9.03. The van der Waals surface area contributed by atoms with Crippen molar-refractivity contribution in [2.24, 2.45) is 0 Å². The minimum Gasteiger partial charge on any atom is -0.496 e. The van der Waals surface area contributed by atoms with E-state index in [-0.39, 0.29) is 17.0 Å². The summed E-state index contributed by atoms with van der Waals surface area (Å²) >= 11 is 0. The molecule has 0 heterocycles. The van der Waals surface area contributed by atoms with Gasteiger partial charge in [-0.2, -0.15) is 0 Å². The highest BCUT2D eigenvalue weighted by molar-refractivity contribution is 6.02. The summed E-state index contributed by atoms with van der Waals surface area (Å²) < 4.78 is 5.03. The molecule has 0 aliphatic rings. The fourth-order valence-corrected chi connectivity index (χ4v) is 1.53. The van der Waals surface area contributed by atoms with Gasteiger partial charge < -0.3 is 31.1 Å². The zero-order chi connectivity index (χ0) is 14.5. The number of aliphatic hydroxyl groups is 3. The Hall–Kier alpha value is -1.83. The summed E-state index contributed by atoms with van der Waals surface area (Å²) in [4.78, 5) is 12.1. The topological polar surface area (TPSA) is 125 Å². The summed E-state index contributed by atoms with van der Waals surface area (Å²) in [6, 6.07) is 4.71. The molecule has 1 rings (SSSR count). The van der Waals surface area contributed by atoms with Crippen LogP contribution in [0.25, 0.3) is 0 Å². The maximum atomic E-state index is 12.1. The number of carbonyl (C=O) groups is 1. The van der Waals surface area contributed by atoms with Gasteiger partial charge in [0.05, 0.1) is 26.9 Å². The lowest BCUT2D eigenvalue weighted by Gasteiger charge is -2.29. The van der Waals surface area contributed by atoms with Gasteiger partial charge in [-0.25, -0.2) is 0 Å². The van der Waals surface area contributed by atoms with Crippen molar-refractivity contribution < 1.29 is 24.9 Å². The van der Waals surface area contributed by atoms with Crippen LogP contribution in [0, 0.1) is 0 Å². The number of ether oxygens (including phenoxy) is 1. The van der Waals surface area contributed by atoms with E-state index in [4.69, 9.17) is 10.5 Å². The largest absolute Gasteiger partial charge is 0.496 e. The maximum Gasteiger partial charge on any atom is 0.257 e. The Morgan fingerprint density at radius 3 is 2.37 bits per heavy atom. The molecule has 7 nitrogen and oxygen atoms in total. The number of nitrogen functional groups attached to an aromatic ring is 1. The Morgan fingerprint density at radius 1 is 1.32 bits per heavy atom. The Balaban J connectivity index is 3.07. The van der Waals surface area contributed by atoms with Gasteiger partial charge in [-0.1, -0.05) is 6.07 Å². The molecular formula is C12H18N2O5. The van der Waals surface area contributed by atoms with Gasteiger partial charge in [-0.3, -0.25) is 4.79 Å². The summed E-state index contributed by atoms with van der Waals surface area (Å²) in [7, 11) is 1.39. The van der Waals surface area contributed by atoms with E-state index in [2.05, 4.69) is 5.32 Å². The van der Waals surface area contributed by atoms with Crippen LogP contribution in [0.5, 0.6) is 5.75 Å². The normalized spacial score (nSPS) is 11.2. The first kappa shape index (κ1) is 15.2. The van der Waals surface area contributed by atoms with E-state index in [1.54, 1.807) is 12.1 Å². The molecule has 0 saturated heterocycles. The van der Waals surface area contributed by atoms with E-state index in [0.29, 0.717) is 0 Å². The van der Waals surface area contributed by atoms with E-state index in [0.717, 1.165) is 0 Å². The SMILES string of the molecule is COc1cccc(N)c1C(=O)NC(CO)(CO)CO. The fourth-order valence-electron chi connectivity index (χ4n) is 1.53. The van der Waals surface area contributed by atoms with Gasteiger partial charge in [0.15, 0.2) is 0 Å². The predicted molar refractivity (Wildman–Crippen MR) is 68.9 cm³/mol. The van der Waals surface area contributed by atoms with Crippen molar-refractivity contribution in [2.75, 3.05) is 32.7 Å². The molecule has 0 saturated carbocycles. The Labute approximate surface area is 110 Å². The van der Waals surface area contributed by atoms with Crippen molar-refractivity contribution in [3.8, 4) is 5.75 Å². The molecule has 19 heavy (non-hydrogen) atoms. The van der Waals surface area contributed by atoms with E-state index in [1.807, 2.05) is 0 Å². The standard InChI is InChI=1S/C12H18N2O5/c1-19-9-4-2-3-8(13)10(9)11(18)14-12(5-15,6-16)7-17/h2-4,15-17H,5-7,13H2,1H3,(H,14,18). The molecule has 6 N–H and O–H groups in total. The molecule has 7 heteroatoms. The van der Waals surface area contributed by atoms with Gasteiger partial charge in [0.1, 0.15) is 16.9 Å². The van der Waals surface area contributed by atoms with Crippen LogP contribution >= 0.6 is 0 Å². The van der Waals surface area contributed by atoms with Gasteiger partial charge in [0.25, 0.3) is 5.91 Å². The highest BCUT2D eigenvalue weighted by Gasteiger charge is 2.31. The van der Waals surface area contributed by atoms with Crippen LogP contribution in [0.15, 0.2) is 18.2 Å². The van der Waals surface area contributed by atoms with Gasteiger partial charge >= 0.3 is 0 Å². The minimum absolute atomic E-state index is 0.0877. The fraction of sp³-hybridized carbons (Fsp3) is 0.417. The number of carbonyl (C=O) groups excluding carboxylic acids is 1. The number of hydrogen-bond acceptors (Lipinski definition) is 6. The second-order valence-electron chi connectivity index (χ2n) is 4.13.